The van der Waals surface area contributed by atoms with Gasteiger partial charge in [0.2, 0.25) is 0 Å². The molecule has 1 aliphatic carbocycles. The molecule has 0 unspecified atom stereocenters. The van der Waals surface area contributed by atoms with Crippen LogP contribution < -0.4 is 10.6 Å². The van der Waals surface area contributed by atoms with Gasteiger partial charge in [-0.05, 0) is 43.5 Å². The van der Waals surface area contributed by atoms with E-state index in [9.17, 15) is 9.50 Å². The summed E-state index contributed by atoms with van der Waals surface area (Å²) in [6.07, 6.45) is 3.83. The second kappa shape index (κ2) is 5.47. The van der Waals surface area contributed by atoms with Crippen molar-refractivity contribution in [2.24, 2.45) is 5.73 Å². The van der Waals surface area contributed by atoms with E-state index in [1.54, 1.807) is 6.07 Å². The van der Waals surface area contributed by atoms with E-state index in [-0.39, 0.29) is 11.9 Å². The molecule has 1 atom stereocenters. The van der Waals surface area contributed by atoms with Gasteiger partial charge < -0.3 is 15.7 Å². The van der Waals surface area contributed by atoms with Crippen molar-refractivity contribution in [2.45, 2.75) is 44.2 Å². The number of nitrogens with zero attached hydrogens (tertiary/aromatic N) is 1. The van der Waals surface area contributed by atoms with E-state index in [0.29, 0.717) is 6.54 Å². The first-order valence-electron chi connectivity index (χ1n) is 6.90. The number of nitrogens with two attached hydrogens (primary N) is 1. The lowest BCUT2D eigenvalue weighted by Gasteiger charge is -2.31. The Hall–Kier alpha value is -1.13. The number of halogens is 1. The third-order valence-electron chi connectivity index (χ3n) is 3.96. The molecule has 19 heavy (non-hydrogen) atoms. The smallest absolute Gasteiger partial charge is 0.123 e. The van der Waals surface area contributed by atoms with Gasteiger partial charge in [0.15, 0.2) is 0 Å². The Bertz CT molecular complexity index is 442. The molecule has 3 N–H and O–H groups in total. The van der Waals surface area contributed by atoms with Crippen molar-refractivity contribution in [3.63, 3.8) is 0 Å². The fraction of sp³-hybridized carbons (Fsp3) is 0.600. The van der Waals surface area contributed by atoms with Crippen LogP contribution in [-0.2, 0) is 0 Å². The molecule has 1 saturated carbocycles. The highest BCUT2D eigenvalue weighted by Gasteiger charge is 2.32. The second-order valence-corrected chi connectivity index (χ2v) is 5.78. The zero-order valence-electron chi connectivity index (χ0n) is 11.7. The van der Waals surface area contributed by atoms with E-state index in [1.165, 1.54) is 12.1 Å². The van der Waals surface area contributed by atoms with Gasteiger partial charge in [0.1, 0.15) is 5.82 Å². The summed E-state index contributed by atoms with van der Waals surface area (Å²) < 4.78 is 13.3. The fourth-order valence-corrected chi connectivity index (χ4v) is 2.96. The van der Waals surface area contributed by atoms with Crippen LogP contribution in [0.25, 0.3) is 0 Å². The molecule has 0 heterocycles. The highest BCUT2D eigenvalue weighted by Crippen LogP contribution is 2.33. The van der Waals surface area contributed by atoms with Crippen molar-refractivity contribution in [2.75, 3.05) is 18.5 Å². The van der Waals surface area contributed by atoms with Gasteiger partial charge in [0.05, 0.1) is 5.60 Å². The summed E-state index contributed by atoms with van der Waals surface area (Å²) >= 11 is 0. The van der Waals surface area contributed by atoms with Crippen molar-refractivity contribution in [3.8, 4) is 0 Å². The molecular formula is C15H23FN2O. The van der Waals surface area contributed by atoms with E-state index >= 15 is 0 Å². The molecule has 1 aliphatic rings. The number of rotatable bonds is 4. The van der Waals surface area contributed by atoms with Crippen LogP contribution in [0.4, 0.5) is 10.1 Å². The van der Waals surface area contributed by atoms with Crippen molar-refractivity contribution >= 4 is 5.69 Å². The van der Waals surface area contributed by atoms with E-state index in [1.807, 2.05) is 18.9 Å². The van der Waals surface area contributed by atoms with Gasteiger partial charge in [0.25, 0.3) is 0 Å². The van der Waals surface area contributed by atoms with Gasteiger partial charge in [-0.3, -0.25) is 0 Å². The number of likely N-dealkylation sites (N-methyl/N-ethyl adjacent to an activating group) is 1. The lowest BCUT2D eigenvalue weighted by Crippen LogP contribution is -2.39. The van der Waals surface area contributed by atoms with Crippen molar-refractivity contribution in [1.29, 1.82) is 0 Å². The summed E-state index contributed by atoms with van der Waals surface area (Å²) in [6.45, 7) is 2.41. The molecule has 4 heteroatoms. The highest BCUT2D eigenvalue weighted by molar-refractivity contribution is 5.54. The van der Waals surface area contributed by atoms with Crippen LogP contribution >= 0.6 is 0 Å². The van der Waals surface area contributed by atoms with Crippen LogP contribution in [0.15, 0.2) is 18.2 Å². The summed E-state index contributed by atoms with van der Waals surface area (Å²) in [4.78, 5) is 1.99. The highest BCUT2D eigenvalue weighted by atomic mass is 19.1. The van der Waals surface area contributed by atoms with Gasteiger partial charge in [-0.1, -0.05) is 12.8 Å². The first-order valence-corrected chi connectivity index (χ1v) is 6.90. The first kappa shape index (κ1) is 14.3. The van der Waals surface area contributed by atoms with Crippen LogP contribution in [0.3, 0.4) is 0 Å². The van der Waals surface area contributed by atoms with Crippen molar-refractivity contribution < 1.29 is 9.50 Å². The van der Waals surface area contributed by atoms with Crippen LogP contribution in [0.2, 0.25) is 0 Å². The predicted octanol–water partition coefficient (Wildman–Crippen LogP) is 2.59. The molecule has 1 aromatic carbocycles. The van der Waals surface area contributed by atoms with Crippen LogP contribution in [-0.4, -0.2) is 24.3 Å². The van der Waals surface area contributed by atoms with Crippen LogP contribution in [0.5, 0.6) is 0 Å². The van der Waals surface area contributed by atoms with Crippen LogP contribution in [0, 0.1) is 5.82 Å². The zero-order chi connectivity index (χ0) is 14.0. The standard InChI is InChI=1S/C15H23FN2O/c1-11(17)13-9-12(16)5-6-14(13)18(2)10-15(19)7-3-4-8-15/h5-6,9,11,19H,3-4,7-8,10,17H2,1-2H3/t11-/m0/s1. The fourth-order valence-electron chi connectivity index (χ4n) is 2.96. The van der Waals surface area contributed by atoms with Gasteiger partial charge in [0, 0.05) is 25.3 Å². The summed E-state index contributed by atoms with van der Waals surface area (Å²) in [7, 11) is 1.93. The van der Waals surface area contributed by atoms with Gasteiger partial charge >= 0.3 is 0 Å². The molecule has 2 rings (SSSR count). The molecule has 1 fully saturated rings. The number of benzene rings is 1. The summed E-state index contributed by atoms with van der Waals surface area (Å²) in [6, 6.07) is 4.43. The van der Waals surface area contributed by atoms with E-state index in [4.69, 9.17) is 5.73 Å². The maximum absolute atomic E-state index is 13.3. The van der Waals surface area contributed by atoms with E-state index < -0.39 is 5.60 Å². The third kappa shape index (κ3) is 3.25. The number of hydrogen-bond acceptors (Lipinski definition) is 3. The first-order chi connectivity index (χ1) is 8.91. The molecular weight excluding hydrogens is 243 g/mol. The molecule has 1 aromatic rings. The predicted molar refractivity (Wildman–Crippen MR) is 75.7 cm³/mol. The number of aliphatic hydroxyl groups is 1. The van der Waals surface area contributed by atoms with Gasteiger partial charge in [-0.2, -0.15) is 0 Å². The van der Waals surface area contributed by atoms with E-state index in [2.05, 4.69) is 0 Å². The molecule has 0 radical (unpaired) electrons. The monoisotopic (exact) mass is 266 g/mol. The Labute approximate surface area is 114 Å². The maximum atomic E-state index is 13.3. The Morgan fingerprint density at radius 1 is 1.42 bits per heavy atom. The van der Waals surface area contributed by atoms with Gasteiger partial charge in [-0.15, -0.1) is 0 Å². The molecule has 0 saturated heterocycles. The molecule has 0 spiro atoms. The molecule has 0 aromatic heterocycles. The van der Waals surface area contributed by atoms with Crippen molar-refractivity contribution in [1.82, 2.24) is 0 Å². The van der Waals surface area contributed by atoms with Crippen LogP contribution in [0.1, 0.15) is 44.2 Å². The van der Waals surface area contributed by atoms with E-state index in [0.717, 1.165) is 36.9 Å². The minimum atomic E-state index is -0.613. The van der Waals surface area contributed by atoms with Crippen molar-refractivity contribution in [3.05, 3.63) is 29.6 Å². The SMILES string of the molecule is C[C@H](N)c1cc(F)ccc1N(C)CC1(O)CCCC1. The average molecular weight is 266 g/mol. The Morgan fingerprint density at radius 3 is 2.63 bits per heavy atom. The molecule has 3 nitrogen and oxygen atoms in total. The minimum Gasteiger partial charge on any atom is -0.388 e. The normalized spacial score (nSPS) is 19.4. The molecule has 106 valence electrons. The topological polar surface area (TPSA) is 49.5 Å². The Morgan fingerprint density at radius 2 is 2.05 bits per heavy atom. The molecule has 0 aliphatic heterocycles. The molecule has 0 amide bonds. The Kier molecular flexibility index (Phi) is 4.11. The largest absolute Gasteiger partial charge is 0.388 e. The summed E-state index contributed by atoms with van der Waals surface area (Å²) in [5, 5.41) is 10.5. The maximum Gasteiger partial charge on any atom is 0.123 e. The third-order valence-corrected chi connectivity index (χ3v) is 3.96. The number of anilines is 1. The lowest BCUT2D eigenvalue weighted by atomic mass is 10.00. The van der Waals surface area contributed by atoms with Gasteiger partial charge in [-0.25, -0.2) is 4.39 Å². The summed E-state index contributed by atoms with van der Waals surface area (Å²) in [5.74, 6) is -0.274. The second-order valence-electron chi connectivity index (χ2n) is 5.78. The quantitative estimate of drug-likeness (QED) is 0.880. The zero-order valence-corrected chi connectivity index (χ0v) is 11.7. The molecule has 0 bridgehead atoms. The minimum absolute atomic E-state index is 0.230. The lowest BCUT2D eigenvalue weighted by molar-refractivity contribution is 0.0559. The summed E-state index contributed by atoms with van der Waals surface area (Å²) in [5.41, 5.74) is 6.97. The number of hydrogen-bond donors (Lipinski definition) is 2. The Balaban J connectivity index is 2.20. The average Bonchev–Trinajstić information content (AvgIpc) is 2.75.